The van der Waals surface area contributed by atoms with Crippen LogP contribution in [-0.2, 0) is 26.5 Å². The number of para-hydroxylation sites is 2. The first kappa shape index (κ1) is 28.4. The normalized spacial score (nSPS) is 12.6. The summed E-state index contributed by atoms with van der Waals surface area (Å²) in [6, 6.07) is 45.1. The van der Waals surface area contributed by atoms with E-state index in [0.29, 0.717) is 11.5 Å². The summed E-state index contributed by atoms with van der Waals surface area (Å²) in [7, 11) is 4.02. The van der Waals surface area contributed by atoms with E-state index < -0.39 is 5.41 Å². The van der Waals surface area contributed by atoms with Crippen LogP contribution in [0.2, 0.25) is 0 Å². The molecule has 3 heterocycles. The molecule has 5 nitrogen and oxygen atoms in total. The number of hydrogen-bond donors (Lipinski definition) is 0. The third kappa shape index (κ3) is 5.11. The van der Waals surface area contributed by atoms with E-state index in [4.69, 9.17) is 14.5 Å². The van der Waals surface area contributed by atoms with Crippen LogP contribution >= 0.6 is 0 Å². The molecule has 7 rings (SSSR count). The molecule has 0 amide bonds. The zero-order valence-corrected chi connectivity index (χ0v) is 25.9. The Balaban J connectivity index is 0.00000329. The third-order valence-electron chi connectivity index (χ3n) is 7.55. The molecule has 212 valence electrons. The molecule has 6 heteroatoms. The SMILES string of the molecule is CN(C)c1ccnc(-c2[c-]c(Oc3[c-]c(C4(c5ccccn5)c5ccccc5Oc5ccccc54)ccc3)ccc2)c1.[Pt+2]. The van der Waals surface area contributed by atoms with Gasteiger partial charge in [-0.2, -0.15) is 12.1 Å². The Labute approximate surface area is 266 Å². The van der Waals surface area contributed by atoms with Crippen LogP contribution in [0.3, 0.4) is 0 Å². The number of rotatable bonds is 6. The van der Waals surface area contributed by atoms with Crippen LogP contribution in [0.1, 0.15) is 22.4 Å². The fourth-order valence-electron chi connectivity index (χ4n) is 5.63. The molecule has 0 N–H and O–H groups in total. The predicted molar refractivity (Wildman–Crippen MR) is 164 cm³/mol. The molecule has 0 spiro atoms. The average molecular weight is 741 g/mol. The second-order valence-corrected chi connectivity index (χ2v) is 10.3. The Hall–Kier alpha value is -4.73. The van der Waals surface area contributed by atoms with Crippen molar-refractivity contribution in [2.24, 2.45) is 0 Å². The van der Waals surface area contributed by atoms with E-state index in [0.717, 1.165) is 50.8 Å². The molecule has 43 heavy (non-hydrogen) atoms. The van der Waals surface area contributed by atoms with Crippen LogP contribution in [-0.4, -0.2) is 24.1 Å². The van der Waals surface area contributed by atoms with E-state index in [1.807, 2.05) is 117 Å². The molecule has 6 aromatic rings. The molecule has 0 radical (unpaired) electrons. The van der Waals surface area contributed by atoms with Crippen molar-refractivity contribution in [3.63, 3.8) is 0 Å². The van der Waals surface area contributed by atoms with Gasteiger partial charge >= 0.3 is 21.1 Å². The Morgan fingerprint density at radius 2 is 1.35 bits per heavy atom. The van der Waals surface area contributed by atoms with Crippen LogP contribution < -0.4 is 14.4 Å². The van der Waals surface area contributed by atoms with Gasteiger partial charge in [0.1, 0.15) is 11.5 Å². The average Bonchev–Trinajstić information content (AvgIpc) is 3.04. The molecule has 0 bridgehead atoms. The second kappa shape index (κ2) is 11.9. The number of nitrogens with zero attached hydrogens (tertiary/aromatic N) is 3. The summed E-state index contributed by atoms with van der Waals surface area (Å²) in [5.41, 5.74) is 5.75. The van der Waals surface area contributed by atoms with Crippen LogP contribution in [0, 0.1) is 12.1 Å². The summed E-state index contributed by atoms with van der Waals surface area (Å²) in [6.45, 7) is 0. The first-order valence-electron chi connectivity index (χ1n) is 13.8. The van der Waals surface area contributed by atoms with E-state index >= 15 is 0 Å². The first-order valence-corrected chi connectivity index (χ1v) is 13.8. The maximum absolute atomic E-state index is 6.41. The minimum atomic E-state index is -0.770. The molecule has 0 atom stereocenters. The van der Waals surface area contributed by atoms with Gasteiger partial charge in [0.15, 0.2) is 0 Å². The molecule has 0 saturated carbocycles. The number of hydrogen-bond acceptors (Lipinski definition) is 5. The van der Waals surface area contributed by atoms with Crippen LogP contribution in [0.4, 0.5) is 5.69 Å². The predicted octanol–water partition coefficient (Wildman–Crippen LogP) is 8.09. The van der Waals surface area contributed by atoms with Gasteiger partial charge in [-0.05, 0) is 36.0 Å². The van der Waals surface area contributed by atoms with Gasteiger partial charge in [0.25, 0.3) is 0 Å². The van der Waals surface area contributed by atoms with Gasteiger partial charge < -0.3 is 19.4 Å². The van der Waals surface area contributed by atoms with Gasteiger partial charge in [0.2, 0.25) is 0 Å². The summed E-state index contributed by atoms with van der Waals surface area (Å²) >= 11 is 0. The van der Waals surface area contributed by atoms with Crippen molar-refractivity contribution in [2.45, 2.75) is 5.41 Å². The smallest absolute Gasteiger partial charge is 0.503 e. The Bertz CT molecular complexity index is 1850. The molecule has 1 aliphatic heterocycles. The summed E-state index contributed by atoms with van der Waals surface area (Å²) < 4.78 is 12.8. The van der Waals surface area contributed by atoms with Crippen molar-refractivity contribution in [2.75, 3.05) is 19.0 Å². The van der Waals surface area contributed by atoms with Crippen molar-refractivity contribution in [3.8, 4) is 34.3 Å². The van der Waals surface area contributed by atoms with Gasteiger partial charge in [0.05, 0.1) is 11.1 Å². The van der Waals surface area contributed by atoms with Crippen molar-refractivity contribution >= 4 is 5.69 Å². The van der Waals surface area contributed by atoms with Crippen molar-refractivity contribution in [3.05, 3.63) is 162 Å². The fraction of sp³-hybridized carbons (Fsp3) is 0.0811. The number of fused-ring (bicyclic) bond motifs is 2. The number of anilines is 1. The van der Waals surface area contributed by atoms with Crippen molar-refractivity contribution in [1.29, 1.82) is 0 Å². The number of ether oxygens (including phenoxy) is 2. The zero-order chi connectivity index (χ0) is 28.5. The standard InChI is InChI=1S/C37H27N3O2.Pt/c1-40(2)28-20-22-38-33(25-28)26-11-9-13-29(23-26)41-30-14-10-12-27(24-30)37(36-19-7-8-21-39-36)31-15-3-5-17-34(31)42-35-18-6-4-16-32(35)37;/h3-22,25H,1-2H3;/q-2;+2. The van der Waals surface area contributed by atoms with Crippen LogP contribution in [0.5, 0.6) is 23.0 Å². The van der Waals surface area contributed by atoms with Crippen LogP contribution in [0.25, 0.3) is 11.3 Å². The fourth-order valence-corrected chi connectivity index (χ4v) is 5.63. The van der Waals surface area contributed by atoms with Gasteiger partial charge in [-0.1, -0.05) is 54.6 Å². The molecule has 2 aromatic heterocycles. The summed E-state index contributed by atoms with van der Waals surface area (Å²) in [4.78, 5) is 11.5. The van der Waals surface area contributed by atoms with Crippen LogP contribution in [0.15, 0.2) is 128 Å². The Morgan fingerprint density at radius 3 is 2.05 bits per heavy atom. The molecule has 1 aliphatic rings. The molecule has 4 aromatic carbocycles. The largest absolute Gasteiger partial charge is 2.00 e. The first-order chi connectivity index (χ1) is 20.6. The Morgan fingerprint density at radius 1 is 0.674 bits per heavy atom. The van der Waals surface area contributed by atoms with E-state index in [9.17, 15) is 0 Å². The van der Waals surface area contributed by atoms with Crippen molar-refractivity contribution in [1.82, 2.24) is 9.97 Å². The van der Waals surface area contributed by atoms with Gasteiger partial charge in [0, 0.05) is 54.8 Å². The molecule has 0 fully saturated rings. The summed E-state index contributed by atoms with van der Waals surface area (Å²) in [5, 5.41) is 0. The van der Waals surface area contributed by atoms with Gasteiger partial charge in [-0.3, -0.25) is 4.98 Å². The number of pyridine rings is 2. The monoisotopic (exact) mass is 740 g/mol. The topological polar surface area (TPSA) is 47.5 Å². The van der Waals surface area contributed by atoms with E-state index in [-0.39, 0.29) is 21.1 Å². The van der Waals surface area contributed by atoms with Crippen molar-refractivity contribution < 1.29 is 30.5 Å². The zero-order valence-electron chi connectivity index (χ0n) is 23.6. The van der Waals surface area contributed by atoms with E-state index in [2.05, 4.69) is 46.3 Å². The van der Waals surface area contributed by atoms with Gasteiger partial charge in [-0.25, -0.2) is 0 Å². The number of aromatic nitrogens is 2. The minimum absolute atomic E-state index is 0. The third-order valence-corrected chi connectivity index (χ3v) is 7.55. The number of benzene rings is 4. The van der Waals surface area contributed by atoms with E-state index in [1.165, 1.54) is 0 Å². The molecule has 0 aliphatic carbocycles. The Kier molecular flexibility index (Phi) is 7.84. The minimum Gasteiger partial charge on any atom is -0.503 e. The molecular formula is C37H27N3O2Pt. The second-order valence-electron chi connectivity index (χ2n) is 10.3. The quantitative estimate of drug-likeness (QED) is 0.162. The molecular weight excluding hydrogens is 714 g/mol. The summed E-state index contributed by atoms with van der Waals surface area (Å²) in [5.74, 6) is 2.73. The maximum atomic E-state index is 6.41. The van der Waals surface area contributed by atoms with E-state index in [1.54, 1.807) is 0 Å². The maximum Gasteiger partial charge on any atom is 2.00 e. The molecule has 0 unspecified atom stereocenters. The summed E-state index contributed by atoms with van der Waals surface area (Å²) in [6.07, 6.45) is 3.64. The molecule has 0 saturated heterocycles. The van der Waals surface area contributed by atoms with Gasteiger partial charge in [-0.15, -0.1) is 41.5 Å².